The first-order valence-electron chi connectivity index (χ1n) is 7.80. The third-order valence-electron chi connectivity index (χ3n) is 4.78. The molecule has 7 heteroatoms. The third-order valence-corrected chi connectivity index (χ3v) is 6.04. The minimum atomic E-state index is -0.244. The van der Waals surface area contributed by atoms with E-state index in [1.165, 1.54) is 0 Å². The van der Waals surface area contributed by atoms with Gasteiger partial charge in [0.25, 0.3) is 5.91 Å². The number of rotatable bonds is 3. The van der Waals surface area contributed by atoms with E-state index in [9.17, 15) is 9.59 Å². The predicted octanol–water partition coefficient (Wildman–Crippen LogP) is -0.730. The molecule has 0 bridgehead atoms. The lowest BCUT2D eigenvalue weighted by atomic mass is 10.0. The summed E-state index contributed by atoms with van der Waals surface area (Å²) in [5.74, 6) is 2.03. The maximum absolute atomic E-state index is 12.7. The molecule has 4 heterocycles. The molecule has 0 aromatic carbocycles. The van der Waals surface area contributed by atoms with Crippen molar-refractivity contribution >= 4 is 23.6 Å². The first-order chi connectivity index (χ1) is 10.7. The van der Waals surface area contributed by atoms with E-state index in [0.29, 0.717) is 24.9 Å². The van der Waals surface area contributed by atoms with Crippen LogP contribution in [0.15, 0.2) is 22.8 Å². The second-order valence-electron chi connectivity index (χ2n) is 6.11. The van der Waals surface area contributed by atoms with Crippen LogP contribution in [0, 0.1) is 0 Å². The van der Waals surface area contributed by atoms with Gasteiger partial charge in [-0.25, -0.2) is 0 Å². The van der Waals surface area contributed by atoms with Crippen molar-refractivity contribution in [2.75, 3.05) is 26.2 Å². The van der Waals surface area contributed by atoms with Crippen molar-refractivity contribution in [1.29, 1.82) is 0 Å². The van der Waals surface area contributed by atoms with Gasteiger partial charge in [0.1, 0.15) is 18.3 Å². The van der Waals surface area contributed by atoms with E-state index in [1.807, 2.05) is 21.9 Å². The predicted molar refractivity (Wildman–Crippen MR) is 81.1 cm³/mol. The van der Waals surface area contributed by atoms with Gasteiger partial charge in [-0.05, 0) is 18.6 Å². The molecule has 2 N–H and O–H groups in total. The number of amides is 2. The molecule has 3 atom stereocenters. The lowest BCUT2D eigenvalue weighted by Gasteiger charge is -2.43. The molecule has 0 spiro atoms. The quantitative estimate of drug-likeness (QED) is 0.797. The maximum Gasteiger partial charge on any atom is 0.251 e. The molecule has 0 saturated carbocycles. The fourth-order valence-corrected chi connectivity index (χ4v) is 4.81. The molecule has 1 aromatic rings. The lowest BCUT2D eigenvalue weighted by molar-refractivity contribution is -0.666. The van der Waals surface area contributed by atoms with E-state index >= 15 is 0 Å². The summed E-state index contributed by atoms with van der Waals surface area (Å²) in [4.78, 5) is 28.9. The second-order valence-corrected chi connectivity index (χ2v) is 7.40. The minimum Gasteiger partial charge on any atom is -0.468 e. The SMILES string of the molecule is O=C1[C@@H]2C[C@H](SCc3ccco3)CN2C(=O)[C@@H]2C[NH2+]CCN12. The van der Waals surface area contributed by atoms with Crippen molar-refractivity contribution in [1.82, 2.24) is 9.80 Å². The summed E-state index contributed by atoms with van der Waals surface area (Å²) in [7, 11) is 0. The van der Waals surface area contributed by atoms with Gasteiger partial charge in [-0.1, -0.05) is 0 Å². The van der Waals surface area contributed by atoms with Crippen LogP contribution in [0.5, 0.6) is 0 Å². The van der Waals surface area contributed by atoms with Crippen LogP contribution in [-0.4, -0.2) is 65.1 Å². The highest BCUT2D eigenvalue weighted by molar-refractivity contribution is 7.99. The number of hydrogen-bond acceptors (Lipinski definition) is 4. The molecule has 1 aromatic heterocycles. The van der Waals surface area contributed by atoms with E-state index in [0.717, 1.165) is 24.5 Å². The summed E-state index contributed by atoms with van der Waals surface area (Å²) in [5, 5.41) is 2.44. The second kappa shape index (κ2) is 5.62. The first-order valence-corrected chi connectivity index (χ1v) is 8.85. The zero-order valence-corrected chi connectivity index (χ0v) is 13.1. The summed E-state index contributed by atoms with van der Waals surface area (Å²) in [6.07, 6.45) is 2.44. The number of nitrogens with zero attached hydrogens (tertiary/aromatic N) is 2. The molecule has 0 unspecified atom stereocenters. The van der Waals surface area contributed by atoms with Crippen molar-refractivity contribution in [2.24, 2.45) is 0 Å². The van der Waals surface area contributed by atoms with Gasteiger partial charge in [0.15, 0.2) is 6.04 Å². The minimum absolute atomic E-state index is 0.140. The van der Waals surface area contributed by atoms with Crippen LogP contribution in [0.25, 0.3) is 0 Å². The highest BCUT2D eigenvalue weighted by atomic mass is 32.2. The molecule has 0 aliphatic carbocycles. The number of carbonyl (C=O) groups excluding carboxylic acids is 2. The van der Waals surface area contributed by atoms with Gasteiger partial charge in [-0.2, -0.15) is 0 Å². The maximum atomic E-state index is 12.7. The molecule has 3 aliphatic heterocycles. The van der Waals surface area contributed by atoms with E-state index in [4.69, 9.17) is 4.42 Å². The summed E-state index contributed by atoms with van der Waals surface area (Å²) < 4.78 is 5.35. The highest BCUT2D eigenvalue weighted by Crippen LogP contribution is 2.34. The van der Waals surface area contributed by atoms with Gasteiger partial charge in [0.2, 0.25) is 5.91 Å². The van der Waals surface area contributed by atoms with Crippen LogP contribution < -0.4 is 5.32 Å². The standard InChI is InChI=1S/C15H19N3O3S/c19-14-12-6-11(22-9-10-2-1-5-21-10)8-18(12)15(20)13-7-16-3-4-17(13)14/h1-2,5,11-13,16H,3-4,6-9H2/p+1/t11-,12-,13-/m0/s1. The van der Waals surface area contributed by atoms with Crippen LogP contribution in [0.1, 0.15) is 12.2 Å². The van der Waals surface area contributed by atoms with Gasteiger partial charge in [-0.3, -0.25) is 9.59 Å². The Bertz CT molecular complexity index is 545. The summed E-state index contributed by atoms with van der Waals surface area (Å²) in [5.41, 5.74) is 0. The third kappa shape index (κ3) is 2.32. The molecule has 118 valence electrons. The Morgan fingerprint density at radius 2 is 2.14 bits per heavy atom. The van der Waals surface area contributed by atoms with Crippen molar-refractivity contribution in [2.45, 2.75) is 29.5 Å². The van der Waals surface area contributed by atoms with E-state index in [1.54, 1.807) is 18.0 Å². The molecule has 3 saturated heterocycles. The smallest absolute Gasteiger partial charge is 0.251 e. The van der Waals surface area contributed by atoms with E-state index in [-0.39, 0.29) is 23.9 Å². The highest BCUT2D eigenvalue weighted by Gasteiger charge is 2.51. The number of piperazine rings is 2. The number of quaternary nitrogens is 1. The Morgan fingerprint density at radius 3 is 2.95 bits per heavy atom. The normalized spacial score (nSPS) is 31.4. The van der Waals surface area contributed by atoms with Gasteiger partial charge in [0.05, 0.1) is 25.1 Å². The average molecular weight is 322 g/mol. The first kappa shape index (κ1) is 14.1. The zero-order valence-electron chi connectivity index (χ0n) is 12.3. The Hall–Kier alpha value is -1.47. The Kier molecular flexibility index (Phi) is 3.62. The van der Waals surface area contributed by atoms with Crippen LogP contribution in [0.4, 0.5) is 0 Å². The summed E-state index contributed by atoms with van der Waals surface area (Å²) in [6.45, 7) is 2.99. The number of furan rings is 1. The number of fused-ring (bicyclic) bond motifs is 2. The van der Waals surface area contributed by atoms with Gasteiger partial charge in [0, 0.05) is 11.8 Å². The molecule has 3 fully saturated rings. The fraction of sp³-hybridized carbons (Fsp3) is 0.600. The van der Waals surface area contributed by atoms with Crippen molar-refractivity contribution < 1.29 is 19.3 Å². The van der Waals surface area contributed by atoms with Crippen LogP contribution in [0.3, 0.4) is 0 Å². The fourth-order valence-electron chi connectivity index (χ4n) is 3.66. The molecule has 22 heavy (non-hydrogen) atoms. The molecule has 3 aliphatic rings. The molecular formula is C15H20N3O3S+. The number of carbonyl (C=O) groups is 2. The van der Waals surface area contributed by atoms with Crippen molar-refractivity contribution in [3.05, 3.63) is 24.2 Å². The Balaban J connectivity index is 1.45. The largest absolute Gasteiger partial charge is 0.468 e. The number of thioether (sulfide) groups is 1. The average Bonchev–Trinajstić information content (AvgIpc) is 3.20. The van der Waals surface area contributed by atoms with E-state index in [2.05, 4.69) is 5.32 Å². The molecule has 4 rings (SSSR count). The lowest BCUT2D eigenvalue weighted by Crippen LogP contribution is -2.94. The van der Waals surface area contributed by atoms with Gasteiger partial charge in [-0.15, -0.1) is 11.8 Å². The Morgan fingerprint density at radius 1 is 1.27 bits per heavy atom. The van der Waals surface area contributed by atoms with Gasteiger partial charge < -0.3 is 19.5 Å². The van der Waals surface area contributed by atoms with Crippen LogP contribution in [-0.2, 0) is 15.3 Å². The zero-order chi connectivity index (χ0) is 15.1. The monoisotopic (exact) mass is 322 g/mol. The summed E-state index contributed by atoms with van der Waals surface area (Å²) in [6, 6.07) is 3.36. The van der Waals surface area contributed by atoms with Crippen molar-refractivity contribution in [3.8, 4) is 0 Å². The van der Waals surface area contributed by atoms with Crippen LogP contribution >= 0.6 is 11.8 Å². The number of nitrogens with two attached hydrogens (primary N) is 1. The summed E-state index contributed by atoms with van der Waals surface area (Å²) >= 11 is 1.78. The molecule has 2 amide bonds. The number of hydrogen-bond donors (Lipinski definition) is 1. The topological polar surface area (TPSA) is 70.4 Å². The molecule has 6 nitrogen and oxygen atoms in total. The van der Waals surface area contributed by atoms with Crippen molar-refractivity contribution in [3.63, 3.8) is 0 Å². The molecular weight excluding hydrogens is 302 g/mol. The van der Waals surface area contributed by atoms with Gasteiger partial charge >= 0.3 is 0 Å². The van der Waals surface area contributed by atoms with Crippen LogP contribution in [0.2, 0.25) is 0 Å². The molecule has 0 radical (unpaired) electrons. The Labute approximate surface area is 133 Å². The van der Waals surface area contributed by atoms with E-state index < -0.39 is 0 Å².